The lowest BCUT2D eigenvalue weighted by Gasteiger charge is -2.14. The second kappa shape index (κ2) is 12.8. The zero-order valence-electron chi connectivity index (χ0n) is 18.7. The highest BCUT2D eigenvalue weighted by atomic mass is 16.5. The topological polar surface area (TPSA) is 94.8 Å². The SMILES string of the molecule is COCCCNC(=NCc1ccc(C)cc1OCCOC)NCc1nnc(C)n1C. The van der Waals surface area contributed by atoms with Gasteiger partial charge in [-0.1, -0.05) is 12.1 Å². The van der Waals surface area contributed by atoms with E-state index in [-0.39, 0.29) is 0 Å². The maximum absolute atomic E-state index is 5.88. The first kappa shape index (κ1) is 23.6. The fourth-order valence-corrected chi connectivity index (χ4v) is 2.69. The Hall–Kier alpha value is -2.65. The summed E-state index contributed by atoms with van der Waals surface area (Å²) in [5.41, 5.74) is 2.16. The average Bonchev–Trinajstić information content (AvgIpc) is 3.06. The number of aliphatic imine (C=N–C) groups is 1. The number of benzene rings is 1. The van der Waals surface area contributed by atoms with Crippen molar-refractivity contribution in [2.24, 2.45) is 12.0 Å². The van der Waals surface area contributed by atoms with Gasteiger partial charge in [-0.05, 0) is 31.9 Å². The first-order valence-corrected chi connectivity index (χ1v) is 10.1. The molecule has 166 valence electrons. The van der Waals surface area contributed by atoms with E-state index in [1.165, 1.54) is 0 Å². The van der Waals surface area contributed by atoms with E-state index in [0.29, 0.717) is 38.9 Å². The molecule has 0 aliphatic carbocycles. The van der Waals surface area contributed by atoms with Crippen molar-refractivity contribution in [2.75, 3.05) is 40.6 Å². The molecule has 0 spiro atoms. The molecule has 0 aliphatic rings. The van der Waals surface area contributed by atoms with Crippen LogP contribution < -0.4 is 15.4 Å². The number of methoxy groups -OCH3 is 2. The molecular formula is C21H34N6O3. The van der Waals surface area contributed by atoms with Crippen LogP contribution in [-0.4, -0.2) is 61.3 Å². The van der Waals surface area contributed by atoms with Gasteiger partial charge < -0.3 is 29.4 Å². The normalized spacial score (nSPS) is 11.6. The van der Waals surface area contributed by atoms with Gasteiger partial charge in [-0.15, -0.1) is 10.2 Å². The molecule has 0 unspecified atom stereocenters. The Morgan fingerprint density at radius 2 is 1.87 bits per heavy atom. The molecule has 1 aromatic heterocycles. The van der Waals surface area contributed by atoms with Crippen molar-refractivity contribution in [3.8, 4) is 5.75 Å². The van der Waals surface area contributed by atoms with Crippen LogP contribution >= 0.6 is 0 Å². The highest BCUT2D eigenvalue weighted by Crippen LogP contribution is 2.21. The minimum Gasteiger partial charge on any atom is -0.491 e. The van der Waals surface area contributed by atoms with Crippen LogP contribution in [0.25, 0.3) is 0 Å². The van der Waals surface area contributed by atoms with Gasteiger partial charge in [-0.3, -0.25) is 0 Å². The van der Waals surface area contributed by atoms with E-state index in [1.807, 2.05) is 31.5 Å². The molecule has 9 nitrogen and oxygen atoms in total. The standard InChI is InChI=1S/C21H34N6O3/c1-16-7-8-18(19(13-16)30-12-11-29-5)14-23-21(22-9-6-10-28-4)24-15-20-26-25-17(2)27(20)3/h7-8,13H,6,9-12,14-15H2,1-5H3,(H2,22,23,24). The Balaban J connectivity index is 2.07. The Labute approximate surface area is 178 Å². The molecule has 0 radical (unpaired) electrons. The Morgan fingerprint density at radius 3 is 2.57 bits per heavy atom. The van der Waals surface area contributed by atoms with E-state index < -0.39 is 0 Å². The molecule has 2 N–H and O–H groups in total. The van der Waals surface area contributed by atoms with Crippen LogP contribution in [0.3, 0.4) is 0 Å². The van der Waals surface area contributed by atoms with E-state index >= 15 is 0 Å². The van der Waals surface area contributed by atoms with Gasteiger partial charge >= 0.3 is 0 Å². The quantitative estimate of drug-likeness (QED) is 0.308. The predicted molar refractivity (Wildman–Crippen MR) is 117 cm³/mol. The lowest BCUT2D eigenvalue weighted by molar-refractivity contribution is 0.145. The fraction of sp³-hybridized carbons (Fsp3) is 0.571. The predicted octanol–water partition coefficient (Wildman–Crippen LogP) is 1.73. The van der Waals surface area contributed by atoms with Crippen molar-refractivity contribution in [3.63, 3.8) is 0 Å². The van der Waals surface area contributed by atoms with Crippen LogP contribution in [0.15, 0.2) is 23.2 Å². The summed E-state index contributed by atoms with van der Waals surface area (Å²) in [5, 5.41) is 15.0. The number of aromatic nitrogens is 3. The van der Waals surface area contributed by atoms with Gasteiger partial charge in [0.25, 0.3) is 0 Å². The second-order valence-corrected chi connectivity index (χ2v) is 6.97. The minimum absolute atomic E-state index is 0.486. The summed E-state index contributed by atoms with van der Waals surface area (Å²) in [6.45, 7) is 7.48. The Morgan fingerprint density at radius 1 is 1.07 bits per heavy atom. The Bertz CT molecular complexity index is 806. The van der Waals surface area contributed by atoms with Crippen LogP contribution in [0, 0.1) is 13.8 Å². The molecule has 0 amide bonds. The third-order valence-corrected chi connectivity index (χ3v) is 4.59. The highest BCUT2D eigenvalue weighted by molar-refractivity contribution is 5.79. The number of hydrogen-bond donors (Lipinski definition) is 2. The summed E-state index contributed by atoms with van der Waals surface area (Å²) >= 11 is 0. The van der Waals surface area contributed by atoms with Crippen LogP contribution in [0.2, 0.25) is 0 Å². The first-order chi connectivity index (χ1) is 14.5. The monoisotopic (exact) mass is 418 g/mol. The van der Waals surface area contributed by atoms with Gasteiger partial charge in [0.2, 0.25) is 0 Å². The van der Waals surface area contributed by atoms with Gasteiger partial charge in [0.05, 0.1) is 19.7 Å². The number of nitrogens with one attached hydrogen (secondary N) is 2. The number of guanidine groups is 1. The van der Waals surface area contributed by atoms with Crippen LogP contribution in [0.4, 0.5) is 0 Å². The number of ether oxygens (including phenoxy) is 3. The maximum atomic E-state index is 5.88. The van der Waals surface area contributed by atoms with Crippen LogP contribution in [0.1, 0.15) is 29.2 Å². The summed E-state index contributed by atoms with van der Waals surface area (Å²) in [6.07, 6.45) is 0.885. The molecular weight excluding hydrogens is 384 g/mol. The molecule has 0 bridgehead atoms. The van der Waals surface area contributed by atoms with Crippen molar-refractivity contribution < 1.29 is 14.2 Å². The summed E-state index contributed by atoms with van der Waals surface area (Å²) < 4.78 is 18.0. The first-order valence-electron chi connectivity index (χ1n) is 10.1. The molecule has 0 fully saturated rings. The van der Waals surface area contributed by atoms with Gasteiger partial charge in [-0.2, -0.15) is 0 Å². The molecule has 1 aromatic carbocycles. The van der Waals surface area contributed by atoms with Gasteiger partial charge in [0, 0.05) is 40.0 Å². The molecule has 0 atom stereocenters. The zero-order chi connectivity index (χ0) is 21.8. The molecule has 1 heterocycles. The van der Waals surface area contributed by atoms with Crippen molar-refractivity contribution in [2.45, 2.75) is 33.4 Å². The molecule has 9 heteroatoms. The molecule has 2 aromatic rings. The summed E-state index contributed by atoms with van der Waals surface area (Å²) in [4.78, 5) is 4.75. The summed E-state index contributed by atoms with van der Waals surface area (Å²) in [5.74, 6) is 3.25. The number of hydrogen-bond acceptors (Lipinski definition) is 6. The lowest BCUT2D eigenvalue weighted by atomic mass is 10.1. The lowest BCUT2D eigenvalue weighted by Crippen LogP contribution is -2.38. The fourth-order valence-electron chi connectivity index (χ4n) is 2.69. The third kappa shape index (κ3) is 7.64. The van der Waals surface area contributed by atoms with Crippen LogP contribution in [0.5, 0.6) is 5.75 Å². The highest BCUT2D eigenvalue weighted by Gasteiger charge is 2.08. The maximum Gasteiger partial charge on any atom is 0.191 e. The number of aryl methyl sites for hydroxylation is 2. The van der Waals surface area contributed by atoms with Gasteiger partial charge in [0.15, 0.2) is 11.8 Å². The largest absolute Gasteiger partial charge is 0.491 e. The molecule has 0 saturated heterocycles. The smallest absolute Gasteiger partial charge is 0.191 e. The van der Waals surface area contributed by atoms with Crippen molar-refractivity contribution in [3.05, 3.63) is 41.0 Å². The minimum atomic E-state index is 0.486. The Kier molecular flexibility index (Phi) is 10.1. The summed E-state index contributed by atoms with van der Waals surface area (Å²) in [6, 6.07) is 6.15. The summed E-state index contributed by atoms with van der Waals surface area (Å²) in [7, 11) is 5.31. The van der Waals surface area contributed by atoms with Crippen molar-refractivity contribution >= 4 is 5.96 Å². The number of nitrogens with zero attached hydrogens (tertiary/aromatic N) is 4. The molecule has 2 rings (SSSR count). The van der Waals surface area contributed by atoms with E-state index in [2.05, 4.69) is 33.0 Å². The van der Waals surface area contributed by atoms with E-state index in [1.54, 1.807) is 14.2 Å². The van der Waals surface area contributed by atoms with E-state index in [4.69, 9.17) is 19.2 Å². The average molecular weight is 419 g/mol. The van der Waals surface area contributed by atoms with Gasteiger partial charge in [0.1, 0.15) is 18.2 Å². The molecule has 0 saturated carbocycles. The third-order valence-electron chi connectivity index (χ3n) is 4.59. The number of rotatable bonds is 12. The van der Waals surface area contributed by atoms with Gasteiger partial charge in [-0.25, -0.2) is 4.99 Å². The van der Waals surface area contributed by atoms with Crippen molar-refractivity contribution in [1.29, 1.82) is 0 Å². The molecule has 0 aliphatic heterocycles. The molecule has 30 heavy (non-hydrogen) atoms. The zero-order valence-corrected chi connectivity index (χ0v) is 18.7. The van der Waals surface area contributed by atoms with Crippen molar-refractivity contribution in [1.82, 2.24) is 25.4 Å². The second-order valence-electron chi connectivity index (χ2n) is 6.97. The van der Waals surface area contributed by atoms with Crippen LogP contribution in [-0.2, 0) is 29.6 Å². The van der Waals surface area contributed by atoms with E-state index in [0.717, 1.165) is 41.5 Å². The van der Waals surface area contributed by atoms with E-state index in [9.17, 15) is 0 Å².